The van der Waals surface area contributed by atoms with Crippen molar-refractivity contribution in [2.45, 2.75) is 12.8 Å². The Morgan fingerprint density at radius 2 is 2.24 bits per heavy atom. The molecule has 0 aliphatic carbocycles. The molecule has 0 spiro atoms. The van der Waals surface area contributed by atoms with E-state index in [1.54, 1.807) is 12.1 Å². The van der Waals surface area contributed by atoms with E-state index in [-0.39, 0.29) is 18.0 Å². The van der Waals surface area contributed by atoms with Crippen molar-refractivity contribution in [2.75, 3.05) is 13.1 Å². The second-order valence-electron chi connectivity index (χ2n) is 3.60. The Morgan fingerprint density at radius 3 is 2.88 bits per heavy atom. The lowest BCUT2D eigenvalue weighted by Gasteiger charge is -2.04. The molecule has 1 rings (SSSR count). The monoisotopic (exact) mass is 237 g/mol. The highest BCUT2D eigenvalue weighted by atomic mass is 16.6. The number of benzene rings is 1. The average Bonchev–Trinajstić information content (AvgIpc) is 2.29. The van der Waals surface area contributed by atoms with Gasteiger partial charge in [0.25, 0.3) is 5.69 Å². The Balaban J connectivity index is 2.53. The third-order valence-corrected chi connectivity index (χ3v) is 2.19. The lowest BCUT2D eigenvalue weighted by molar-refractivity contribution is -0.384. The van der Waals surface area contributed by atoms with Crippen LogP contribution in [0.5, 0.6) is 0 Å². The number of carbonyl (C=O) groups is 1. The fraction of sp³-hybridized carbons (Fsp3) is 0.364. The van der Waals surface area contributed by atoms with Crippen molar-refractivity contribution in [1.82, 2.24) is 5.32 Å². The molecule has 0 bridgehead atoms. The van der Waals surface area contributed by atoms with Gasteiger partial charge >= 0.3 is 0 Å². The first-order valence-electron chi connectivity index (χ1n) is 5.33. The van der Waals surface area contributed by atoms with Gasteiger partial charge in [0.1, 0.15) is 0 Å². The number of hydrogen-bond donors (Lipinski definition) is 2. The summed E-state index contributed by atoms with van der Waals surface area (Å²) in [6, 6.07) is 6.06. The molecule has 0 heterocycles. The molecule has 0 atom stereocenters. The average molecular weight is 237 g/mol. The van der Waals surface area contributed by atoms with E-state index in [4.69, 9.17) is 5.73 Å². The molecule has 0 aromatic heterocycles. The highest BCUT2D eigenvalue weighted by Gasteiger charge is 2.08. The Kier molecular flexibility index (Phi) is 5.09. The molecular formula is C11H15N3O3. The molecule has 3 N–H and O–H groups in total. The van der Waals surface area contributed by atoms with Gasteiger partial charge < -0.3 is 11.1 Å². The summed E-state index contributed by atoms with van der Waals surface area (Å²) in [5.41, 5.74) is 5.92. The van der Waals surface area contributed by atoms with Crippen molar-refractivity contribution in [1.29, 1.82) is 0 Å². The Bertz CT molecular complexity index is 407. The first-order chi connectivity index (χ1) is 8.13. The summed E-state index contributed by atoms with van der Waals surface area (Å²) in [6.07, 6.45) is 0.868. The molecule has 1 aromatic carbocycles. The van der Waals surface area contributed by atoms with Gasteiger partial charge in [-0.2, -0.15) is 0 Å². The zero-order chi connectivity index (χ0) is 12.7. The minimum Gasteiger partial charge on any atom is -0.356 e. The molecule has 17 heavy (non-hydrogen) atoms. The number of non-ortho nitro benzene ring substituents is 1. The number of nitrogens with zero attached hydrogens (tertiary/aromatic N) is 1. The summed E-state index contributed by atoms with van der Waals surface area (Å²) in [5.74, 6) is -0.154. The van der Waals surface area contributed by atoms with E-state index in [1.165, 1.54) is 12.1 Å². The summed E-state index contributed by atoms with van der Waals surface area (Å²) in [6.45, 7) is 1.06. The first kappa shape index (κ1) is 13.1. The van der Waals surface area contributed by atoms with E-state index >= 15 is 0 Å². The second kappa shape index (κ2) is 6.59. The van der Waals surface area contributed by atoms with Crippen LogP contribution < -0.4 is 11.1 Å². The van der Waals surface area contributed by atoms with E-state index in [9.17, 15) is 14.9 Å². The van der Waals surface area contributed by atoms with E-state index in [0.717, 1.165) is 6.42 Å². The molecule has 1 aromatic rings. The van der Waals surface area contributed by atoms with Crippen LogP contribution in [0.25, 0.3) is 0 Å². The molecule has 0 aliphatic heterocycles. The van der Waals surface area contributed by atoms with E-state index in [0.29, 0.717) is 18.7 Å². The van der Waals surface area contributed by atoms with Crippen molar-refractivity contribution in [3.63, 3.8) is 0 Å². The summed E-state index contributed by atoms with van der Waals surface area (Å²) < 4.78 is 0. The molecule has 0 saturated heterocycles. The fourth-order valence-electron chi connectivity index (χ4n) is 1.36. The number of carbonyl (C=O) groups excluding carboxylic acids is 1. The van der Waals surface area contributed by atoms with Gasteiger partial charge in [0, 0.05) is 18.7 Å². The van der Waals surface area contributed by atoms with Crippen molar-refractivity contribution in [2.24, 2.45) is 5.73 Å². The Hall–Kier alpha value is -1.95. The van der Waals surface area contributed by atoms with Crippen LogP contribution in [0.1, 0.15) is 12.0 Å². The summed E-state index contributed by atoms with van der Waals surface area (Å²) in [5, 5.41) is 13.2. The second-order valence-corrected chi connectivity index (χ2v) is 3.60. The number of rotatable bonds is 6. The van der Waals surface area contributed by atoms with Crippen LogP contribution in [0.15, 0.2) is 24.3 Å². The van der Waals surface area contributed by atoms with E-state index in [1.807, 2.05) is 0 Å². The van der Waals surface area contributed by atoms with E-state index in [2.05, 4.69) is 5.32 Å². The number of nitrogens with two attached hydrogens (primary N) is 1. The molecule has 0 unspecified atom stereocenters. The first-order valence-corrected chi connectivity index (χ1v) is 5.33. The van der Waals surface area contributed by atoms with E-state index < -0.39 is 4.92 Å². The molecule has 6 heteroatoms. The van der Waals surface area contributed by atoms with Crippen molar-refractivity contribution < 1.29 is 9.72 Å². The third-order valence-electron chi connectivity index (χ3n) is 2.19. The van der Waals surface area contributed by atoms with Crippen molar-refractivity contribution in [3.8, 4) is 0 Å². The van der Waals surface area contributed by atoms with Crippen molar-refractivity contribution >= 4 is 11.6 Å². The molecule has 1 amide bonds. The fourth-order valence-corrected chi connectivity index (χ4v) is 1.36. The highest BCUT2D eigenvalue weighted by Crippen LogP contribution is 2.13. The molecule has 0 aliphatic rings. The molecule has 0 radical (unpaired) electrons. The molecule has 0 saturated carbocycles. The van der Waals surface area contributed by atoms with Gasteiger partial charge in [0.05, 0.1) is 11.3 Å². The quantitative estimate of drug-likeness (QED) is 0.430. The van der Waals surface area contributed by atoms with Crippen molar-refractivity contribution in [3.05, 3.63) is 39.9 Å². The van der Waals surface area contributed by atoms with Crippen LogP contribution in [-0.4, -0.2) is 23.9 Å². The Labute approximate surface area is 99.0 Å². The van der Waals surface area contributed by atoms with Gasteiger partial charge in [-0.3, -0.25) is 14.9 Å². The molecule has 6 nitrogen and oxygen atoms in total. The Morgan fingerprint density at radius 1 is 1.47 bits per heavy atom. The van der Waals surface area contributed by atoms with Crippen LogP contribution in [0.3, 0.4) is 0 Å². The topological polar surface area (TPSA) is 98.3 Å². The number of nitro benzene ring substituents is 1. The zero-order valence-electron chi connectivity index (χ0n) is 9.39. The lowest BCUT2D eigenvalue weighted by Crippen LogP contribution is -2.27. The SMILES string of the molecule is NCCCNC(=O)Cc1cccc([N+](=O)[O-])c1. The van der Waals surface area contributed by atoms with Crippen LogP contribution in [0.4, 0.5) is 5.69 Å². The van der Waals surface area contributed by atoms with Crippen LogP contribution in [0.2, 0.25) is 0 Å². The minimum atomic E-state index is -0.476. The smallest absolute Gasteiger partial charge is 0.269 e. The van der Waals surface area contributed by atoms with Gasteiger partial charge in [0.2, 0.25) is 5.91 Å². The van der Waals surface area contributed by atoms with Gasteiger partial charge in [-0.05, 0) is 18.5 Å². The largest absolute Gasteiger partial charge is 0.356 e. The minimum absolute atomic E-state index is 0.00254. The molecular weight excluding hydrogens is 222 g/mol. The number of nitro groups is 1. The third kappa shape index (κ3) is 4.60. The van der Waals surface area contributed by atoms with Gasteiger partial charge in [0.15, 0.2) is 0 Å². The summed E-state index contributed by atoms with van der Waals surface area (Å²) in [7, 11) is 0. The van der Waals surface area contributed by atoms with Gasteiger partial charge in [-0.15, -0.1) is 0 Å². The van der Waals surface area contributed by atoms with Gasteiger partial charge in [-0.25, -0.2) is 0 Å². The molecule has 0 fully saturated rings. The highest BCUT2D eigenvalue weighted by molar-refractivity contribution is 5.78. The normalized spacial score (nSPS) is 9.94. The maximum absolute atomic E-state index is 11.4. The number of nitrogens with one attached hydrogen (secondary N) is 1. The van der Waals surface area contributed by atoms with Crippen LogP contribution in [0, 0.1) is 10.1 Å². The summed E-state index contributed by atoms with van der Waals surface area (Å²) in [4.78, 5) is 21.5. The predicted molar refractivity (Wildman–Crippen MR) is 63.5 cm³/mol. The zero-order valence-corrected chi connectivity index (χ0v) is 9.39. The van der Waals surface area contributed by atoms with Crippen LogP contribution >= 0.6 is 0 Å². The molecule has 92 valence electrons. The number of hydrogen-bond acceptors (Lipinski definition) is 4. The van der Waals surface area contributed by atoms with Gasteiger partial charge in [-0.1, -0.05) is 12.1 Å². The summed E-state index contributed by atoms with van der Waals surface area (Å²) >= 11 is 0. The predicted octanol–water partition coefficient (Wildman–Crippen LogP) is 0.602. The maximum atomic E-state index is 11.4. The lowest BCUT2D eigenvalue weighted by atomic mass is 10.1. The standard InChI is InChI=1S/C11H15N3O3/c12-5-2-6-13-11(15)8-9-3-1-4-10(7-9)14(16)17/h1,3-4,7H,2,5-6,8,12H2,(H,13,15). The van der Waals surface area contributed by atoms with Crippen LogP contribution in [-0.2, 0) is 11.2 Å². The maximum Gasteiger partial charge on any atom is 0.269 e. The number of amides is 1.